The van der Waals surface area contributed by atoms with Crippen molar-refractivity contribution in [1.82, 2.24) is 4.90 Å². The Morgan fingerprint density at radius 1 is 1.15 bits per heavy atom. The van der Waals surface area contributed by atoms with Gasteiger partial charge in [0.05, 0.1) is 6.54 Å². The van der Waals surface area contributed by atoms with Crippen molar-refractivity contribution in [3.05, 3.63) is 71.6 Å². The number of nitrogens with zero attached hydrogens (tertiary/aromatic N) is 1. The fraction of sp³-hybridized carbons (Fsp3) is 0.238. The second kappa shape index (κ2) is 8.94. The van der Waals surface area contributed by atoms with E-state index in [1.54, 1.807) is 19.2 Å². The number of nitrogens with one attached hydrogen (secondary N) is 1. The molecule has 2 aromatic carbocycles. The van der Waals surface area contributed by atoms with Gasteiger partial charge in [-0.3, -0.25) is 9.59 Å². The number of amides is 2. The van der Waals surface area contributed by atoms with E-state index in [1.807, 2.05) is 24.3 Å². The molecule has 0 bridgehead atoms. The Morgan fingerprint density at radius 3 is 2.46 bits per heavy atom. The van der Waals surface area contributed by atoms with Crippen molar-refractivity contribution in [2.75, 3.05) is 18.9 Å². The van der Waals surface area contributed by atoms with E-state index in [0.717, 1.165) is 5.56 Å². The minimum Gasteiger partial charge on any atom is -0.333 e. The third kappa shape index (κ3) is 5.84. The van der Waals surface area contributed by atoms with Crippen LogP contribution >= 0.6 is 0 Å². The van der Waals surface area contributed by atoms with E-state index in [1.165, 1.54) is 34.7 Å². The third-order valence-electron chi connectivity index (χ3n) is 3.89. The van der Waals surface area contributed by atoms with Crippen molar-refractivity contribution in [3.63, 3.8) is 0 Å². The number of hydrogen-bond donors (Lipinski definition) is 1. The molecule has 136 valence electrons. The first-order chi connectivity index (χ1) is 12.3. The summed E-state index contributed by atoms with van der Waals surface area (Å²) in [5.74, 6) is -0.649. The maximum Gasteiger partial charge on any atom is 0.246 e. The van der Waals surface area contributed by atoms with E-state index in [-0.39, 0.29) is 18.4 Å². The van der Waals surface area contributed by atoms with Crippen LogP contribution in [0.4, 0.5) is 10.1 Å². The van der Waals surface area contributed by atoms with Gasteiger partial charge in [0.25, 0.3) is 0 Å². The van der Waals surface area contributed by atoms with Crippen LogP contribution < -0.4 is 5.32 Å². The topological polar surface area (TPSA) is 49.4 Å². The average molecular weight is 354 g/mol. The highest BCUT2D eigenvalue weighted by molar-refractivity contribution is 5.97. The fourth-order valence-corrected chi connectivity index (χ4v) is 2.35. The molecule has 26 heavy (non-hydrogen) atoms. The smallest absolute Gasteiger partial charge is 0.246 e. The lowest BCUT2D eigenvalue weighted by Crippen LogP contribution is -2.33. The van der Waals surface area contributed by atoms with Crippen LogP contribution in [0.3, 0.4) is 0 Å². The van der Waals surface area contributed by atoms with Gasteiger partial charge in [0, 0.05) is 18.8 Å². The molecule has 1 N–H and O–H groups in total. The van der Waals surface area contributed by atoms with E-state index in [2.05, 4.69) is 19.2 Å². The highest BCUT2D eigenvalue weighted by Crippen LogP contribution is 2.15. The third-order valence-corrected chi connectivity index (χ3v) is 3.89. The SMILES string of the molecule is CC(C)c1ccc(/C=C/C(=O)N(C)CC(=O)Nc2cccc(F)c2)cc1. The Bertz CT molecular complexity index is 798. The molecule has 0 saturated heterocycles. The van der Waals surface area contributed by atoms with Crippen LogP contribution in [0.5, 0.6) is 0 Å². The normalized spacial score (nSPS) is 11.0. The minimum absolute atomic E-state index is 0.119. The number of hydrogen-bond acceptors (Lipinski definition) is 2. The average Bonchev–Trinajstić information content (AvgIpc) is 2.59. The second-order valence-electron chi connectivity index (χ2n) is 6.41. The van der Waals surface area contributed by atoms with Gasteiger partial charge in [0.15, 0.2) is 0 Å². The second-order valence-corrected chi connectivity index (χ2v) is 6.41. The van der Waals surface area contributed by atoms with Gasteiger partial charge in [-0.2, -0.15) is 0 Å². The van der Waals surface area contributed by atoms with Crippen molar-refractivity contribution in [2.45, 2.75) is 19.8 Å². The first kappa shape index (κ1) is 19.4. The number of likely N-dealkylation sites (N-methyl/N-ethyl adjacent to an activating group) is 1. The van der Waals surface area contributed by atoms with Crippen molar-refractivity contribution in [3.8, 4) is 0 Å². The number of rotatable bonds is 6. The Balaban J connectivity index is 1.89. The van der Waals surface area contributed by atoms with Gasteiger partial charge in [-0.25, -0.2) is 4.39 Å². The van der Waals surface area contributed by atoms with Crippen molar-refractivity contribution in [1.29, 1.82) is 0 Å². The molecule has 0 atom stereocenters. The van der Waals surface area contributed by atoms with E-state index in [0.29, 0.717) is 11.6 Å². The molecular formula is C21H23FN2O2. The summed E-state index contributed by atoms with van der Waals surface area (Å²) in [6.45, 7) is 4.13. The van der Waals surface area contributed by atoms with E-state index >= 15 is 0 Å². The largest absolute Gasteiger partial charge is 0.333 e. The summed E-state index contributed by atoms with van der Waals surface area (Å²) in [5, 5.41) is 2.56. The monoisotopic (exact) mass is 354 g/mol. The molecule has 0 aliphatic rings. The predicted molar refractivity (Wildman–Crippen MR) is 102 cm³/mol. The molecule has 0 unspecified atom stereocenters. The Labute approximate surface area is 153 Å². The molecule has 0 aromatic heterocycles. The zero-order valence-electron chi connectivity index (χ0n) is 15.2. The summed E-state index contributed by atoms with van der Waals surface area (Å²) in [7, 11) is 1.54. The molecular weight excluding hydrogens is 331 g/mol. The maximum absolute atomic E-state index is 13.1. The lowest BCUT2D eigenvalue weighted by Gasteiger charge is -2.15. The predicted octanol–water partition coefficient (Wildman–Crippen LogP) is 4.06. The fourth-order valence-electron chi connectivity index (χ4n) is 2.35. The molecule has 2 amide bonds. The lowest BCUT2D eigenvalue weighted by molar-refractivity contribution is -0.129. The number of anilines is 1. The van der Waals surface area contributed by atoms with Gasteiger partial charge in [0.1, 0.15) is 5.82 Å². The molecule has 5 heteroatoms. The van der Waals surface area contributed by atoms with Gasteiger partial charge < -0.3 is 10.2 Å². The van der Waals surface area contributed by atoms with Crippen LogP contribution in [0, 0.1) is 5.82 Å². The molecule has 2 rings (SSSR count). The lowest BCUT2D eigenvalue weighted by atomic mass is 10.0. The zero-order valence-corrected chi connectivity index (χ0v) is 15.2. The number of halogens is 1. The first-order valence-electron chi connectivity index (χ1n) is 8.43. The summed E-state index contributed by atoms with van der Waals surface area (Å²) in [6.07, 6.45) is 3.15. The summed E-state index contributed by atoms with van der Waals surface area (Å²) in [5.41, 5.74) is 2.51. The van der Waals surface area contributed by atoms with Crippen LogP contribution in [0.1, 0.15) is 30.9 Å². The highest BCUT2D eigenvalue weighted by atomic mass is 19.1. The molecule has 0 heterocycles. The summed E-state index contributed by atoms with van der Waals surface area (Å²) >= 11 is 0. The van der Waals surface area contributed by atoms with Crippen LogP contribution in [0.25, 0.3) is 6.08 Å². The van der Waals surface area contributed by atoms with Gasteiger partial charge in [-0.1, -0.05) is 44.2 Å². The molecule has 0 fully saturated rings. The van der Waals surface area contributed by atoms with Crippen molar-refractivity contribution >= 4 is 23.6 Å². The first-order valence-corrected chi connectivity index (χ1v) is 8.43. The molecule has 0 aliphatic carbocycles. The molecule has 0 saturated carbocycles. The summed E-state index contributed by atoms with van der Waals surface area (Å²) in [4.78, 5) is 25.4. The summed E-state index contributed by atoms with van der Waals surface area (Å²) < 4.78 is 13.1. The molecule has 0 radical (unpaired) electrons. The van der Waals surface area contributed by atoms with Crippen LogP contribution in [-0.2, 0) is 9.59 Å². The van der Waals surface area contributed by atoms with E-state index in [4.69, 9.17) is 0 Å². The number of carbonyl (C=O) groups excluding carboxylic acids is 2. The standard InChI is InChI=1S/C21H23FN2O2/c1-15(2)17-10-7-16(8-11-17)9-12-21(26)24(3)14-20(25)23-19-6-4-5-18(22)13-19/h4-13,15H,14H2,1-3H3,(H,23,25)/b12-9+. The number of carbonyl (C=O) groups is 2. The Hall–Kier alpha value is -2.95. The van der Waals surface area contributed by atoms with Crippen molar-refractivity contribution in [2.24, 2.45) is 0 Å². The van der Waals surface area contributed by atoms with Crippen molar-refractivity contribution < 1.29 is 14.0 Å². The van der Waals surface area contributed by atoms with Crippen LogP contribution in [0.2, 0.25) is 0 Å². The van der Waals surface area contributed by atoms with Crippen LogP contribution in [-0.4, -0.2) is 30.3 Å². The molecule has 4 nitrogen and oxygen atoms in total. The molecule has 0 spiro atoms. The number of benzene rings is 2. The Kier molecular flexibility index (Phi) is 6.67. The highest BCUT2D eigenvalue weighted by Gasteiger charge is 2.11. The van der Waals surface area contributed by atoms with E-state index < -0.39 is 5.82 Å². The minimum atomic E-state index is -0.432. The van der Waals surface area contributed by atoms with Gasteiger partial charge in [0.2, 0.25) is 11.8 Å². The molecule has 0 aliphatic heterocycles. The maximum atomic E-state index is 13.1. The summed E-state index contributed by atoms with van der Waals surface area (Å²) in [6, 6.07) is 13.6. The van der Waals surface area contributed by atoms with E-state index in [9.17, 15) is 14.0 Å². The van der Waals surface area contributed by atoms with Crippen LogP contribution in [0.15, 0.2) is 54.6 Å². The zero-order chi connectivity index (χ0) is 19.1. The van der Waals surface area contributed by atoms with Gasteiger partial charge in [-0.05, 0) is 41.3 Å². The van der Waals surface area contributed by atoms with Gasteiger partial charge >= 0.3 is 0 Å². The quantitative estimate of drug-likeness (QED) is 0.796. The van der Waals surface area contributed by atoms with Gasteiger partial charge in [-0.15, -0.1) is 0 Å². The molecule has 2 aromatic rings. The Morgan fingerprint density at radius 2 is 1.85 bits per heavy atom.